The van der Waals surface area contributed by atoms with Crippen LogP contribution >= 0.6 is 0 Å². The minimum atomic E-state index is -1.91. The van der Waals surface area contributed by atoms with Crippen molar-refractivity contribution in [2.75, 3.05) is 92.5 Å². The third kappa shape index (κ3) is 13.9. The Kier molecular flexibility index (Phi) is 19.8. The Morgan fingerprint density at radius 3 is 0.673 bits per heavy atom. The van der Waals surface area contributed by atoms with Crippen molar-refractivity contribution in [2.45, 2.75) is 55.4 Å². The number of esters is 6. The Hall–Kier alpha value is -3.50. The van der Waals surface area contributed by atoms with E-state index in [1.807, 2.05) is 0 Å². The van der Waals surface area contributed by atoms with Crippen LogP contribution in [0.3, 0.4) is 0 Å². The zero-order chi connectivity index (χ0) is 43.1. The number of hydrogen-bond acceptors (Lipinski definition) is 20. The number of carbonyl (C=O) groups excluding carboxylic acids is 6. The average molecular weight is 801 g/mol. The minimum absolute atomic E-state index is 0.432. The van der Waals surface area contributed by atoms with Crippen LogP contribution in [0.25, 0.3) is 0 Å². The van der Waals surface area contributed by atoms with E-state index in [1.54, 1.807) is 0 Å². The fourth-order valence-electron chi connectivity index (χ4n) is 3.54. The molecule has 0 fully saturated rings. The fourth-order valence-corrected chi connectivity index (χ4v) is 3.54. The van der Waals surface area contributed by atoms with Crippen molar-refractivity contribution < 1.29 is 98.0 Å². The van der Waals surface area contributed by atoms with E-state index < -0.39 is 166 Å². The fraction of sp³-hybridized carbons (Fsp3) is 0.829. The van der Waals surface area contributed by atoms with Crippen LogP contribution < -0.4 is 0 Å². The maximum Gasteiger partial charge on any atom is 0.318 e. The lowest BCUT2D eigenvalue weighted by Gasteiger charge is -2.33. The van der Waals surface area contributed by atoms with Gasteiger partial charge >= 0.3 is 35.8 Å². The Balaban J connectivity index is 5.73. The molecule has 0 heterocycles. The van der Waals surface area contributed by atoms with Gasteiger partial charge in [0.05, 0.1) is 66.1 Å². The summed E-state index contributed by atoms with van der Waals surface area (Å²) in [6.45, 7) is -0.0712. The minimum Gasteiger partial charge on any atom is -0.464 e. The van der Waals surface area contributed by atoms with Gasteiger partial charge in [-0.3, -0.25) is 28.8 Å². The van der Waals surface area contributed by atoms with E-state index in [2.05, 4.69) is 0 Å². The largest absolute Gasteiger partial charge is 0.464 e. The van der Waals surface area contributed by atoms with Gasteiger partial charge in [-0.1, -0.05) is 13.8 Å². The first-order valence-electron chi connectivity index (χ1n) is 17.2. The van der Waals surface area contributed by atoms with Gasteiger partial charge in [0, 0.05) is 5.41 Å². The molecule has 2 atom stereocenters. The van der Waals surface area contributed by atoms with Gasteiger partial charge in [0.1, 0.15) is 58.9 Å². The predicted molar refractivity (Wildman–Crippen MR) is 185 cm³/mol. The van der Waals surface area contributed by atoms with E-state index in [9.17, 15) is 69.6 Å². The topological polar surface area (TPSA) is 320 Å². The highest BCUT2D eigenvalue weighted by atomic mass is 16.6. The Morgan fingerprint density at radius 2 is 0.455 bits per heavy atom. The number of hydrogen-bond donors (Lipinski definition) is 8. The van der Waals surface area contributed by atoms with Gasteiger partial charge < -0.3 is 69.3 Å². The number of aliphatic hydroxyl groups excluding tert-OH is 8. The van der Waals surface area contributed by atoms with E-state index in [0.29, 0.717) is 0 Å². The van der Waals surface area contributed by atoms with Crippen molar-refractivity contribution in [3.8, 4) is 0 Å². The molecule has 20 nitrogen and oxygen atoms in total. The first kappa shape index (κ1) is 51.5. The van der Waals surface area contributed by atoms with Crippen LogP contribution in [-0.2, 0) is 57.2 Å². The van der Waals surface area contributed by atoms with Crippen LogP contribution in [0, 0.1) is 37.9 Å². The normalized spacial score (nSPS) is 14.8. The monoisotopic (exact) mass is 800 g/mol. The number of aliphatic hydroxyl groups is 8. The SMILES string of the molecule is CC(C)(COC(=O)C(C)(CO)COC(=O)C(C)(CO)COC(=O)C(C)(CO)CO)COC(=O)C(C)(COC(=O)C(C)(CO)CO)COC(=O)C(C)(CO)CO. The molecule has 0 aliphatic heterocycles. The number of carbonyl (C=O) groups is 6. The van der Waals surface area contributed by atoms with E-state index in [4.69, 9.17) is 28.4 Å². The summed E-state index contributed by atoms with van der Waals surface area (Å²) in [5, 5.41) is 76.8. The summed E-state index contributed by atoms with van der Waals surface area (Å²) in [4.78, 5) is 76.9. The highest BCUT2D eigenvalue weighted by molar-refractivity contribution is 5.82. The molecule has 0 saturated heterocycles. The molecule has 0 saturated carbocycles. The Bertz CT molecular complexity index is 1270. The average Bonchev–Trinajstić information content (AvgIpc) is 3.19. The molecule has 2 unspecified atom stereocenters. The highest BCUT2D eigenvalue weighted by Crippen LogP contribution is 2.29. The Morgan fingerprint density at radius 1 is 0.291 bits per heavy atom. The Labute approximate surface area is 319 Å². The van der Waals surface area contributed by atoms with Gasteiger partial charge in [-0.25, -0.2) is 0 Å². The van der Waals surface area contributed by atoms with E-state index in [1.165, 1.54) is 55.4 Å². The van der Waals surface area contributed by atoms with Crippen molar-refractivity contribution in [1.29, 1.82) is 0 Å². The molecule has 55 heavy (non-hydrogen) atoms. The van der Waals surface area contributed by atoms with Gasteiger partial charge in [-0.05, 0) is 41.5 Å². The van der Waals surface area contributed by atoms with Crippen LogP contribution in [0.15, 0.2) is 0 Å². The van der Waals surface area contributed by atoms with Crippen LogP contribution in [0.4, 0.5) is 0 Å². The highest BCUT2D eigenvalue weighted by Gasteiger charge is 2.45. The molecule has 0 amide bonds. The van der Waals surface area contributed by atoms with Gasteiger partial charge in [-0.2, -0.15) is 0 Å². The molecule has 0 radical (unpaired) electrons. The second-order valence-corrected chi connectivity index (χ2v) is 16.2. The lowest BCUT2D eigenvalue weighted by molar-refractivity contribution is -0.181. The summed E-state index contributed by atoms with van der Waals surface area (Å²) in [5.74, 6) is -6.46. The quantitative estimate of drug-likeness (QED) is 0.0325. The van der Waals surface area contributed by atoms with E-state index >= 15 is 0 Å². The van der Waals surface area contributed by atoms with Gasteiger partial charge in [0.15, 0.2) is 0 Å². The summed E-state index contributed by atoms with van der Waals surface area (Å²) in [7, 11) is 0. The molecule has 20 heteroatoms. The molecule has 0 aromatic rings. The second kappa shape index (κ2) is 21.1. The van der Waals surface area contributed by atoms with Crippen LogP contribution in [-0.4, -0.2) is 169 Å². The van der Waals surface area contributed by atoms with Crippen LogP contribution in [0.5, 0.6) is 0 Å². The lowest BCUT2D eigenvalue weighted by Crippen LogP contribution is -2.46. The first-order chi connectivity index (χ1) is 25.3. The molecule has 0 rings (SSSR count). The smallest absolute Gasteiger partial charge is 0.318 e. The molecular weight excluding hydrogens is 740 g/mol. The molecule has 320 valence electrons. The number of rotatable bonds is 26. The third-order valence-electron chi connectivity index (χ3n) is 9.02. The van der Waals surface area contributed by atoms with Crippen molar-refractivity contribution in [3.05, 3.63) is 0 Å². The standard InChI is InChI=1S/C35H60O20/c1-29(2,17-50-26(47)33(6,15-42)20-53-27(48)34(7,16-43)19-52-23(44)30(3,9-36)10-37)18-51-28(49)35(8,21-54-24(45)31(4,11-38)12-39)22-55-25(46)32(5,13-40)14-41/h36-43H,9-22H2,1-8H3. The summed E-state index contributed by atoms with van der Waals surface area (Å²) >= 11 is 0. The van der Waals surface area contributed by atoms with Crippen molar-refractivity contribution in [2.24, 2.45) is 37.9 Å². The first-order valence-corrected chi connectivity index (χ1v) is 17.2. The zero-order valence-electron chi connectivity index (χ0n) is 32.9. The van der Waals surface area contributed by atoms with Crippen molar-refractivity contribution in [1.82, 2.24) is 0 Å². The molecule has 0 spiro atoms. The predicted octanol–water partition coefficient (Wildman–Crippen LogP) is -2.75. The summed E-state index contributed by atoms with van der Waals surface area (Å²) < 4.78 is 31.4. The maximum absolute atomic E-state index is 13.4. The van der Waals surface area contributed by atoms with Gasteiger partial charge in [0.2, 0.25) is 0 Å². The molecule has 0 aliphatic carbocycles. The van der Waals surface area contributed by atoms with Crippen LogP contribution in [0.2, 0.25) is 0 Å². The van der Waals surface area contributed by atoms with E-state index in [0.717, 1.165) is 0 Å². The summed E-state index contributed by atoms with van der Waals surface area (Å²) in [5.41, 5.74) is -11.9. The lowest BCUT2D eigenvalue weighted by atomic mass is 9.90. The van der Waals surface area contributed by atoms with Gasteiger partial charge in [-0.15, -0.1) is 0 Å². The second-order valence-electron chi connectivity index (χ2n) is 16.2. The molecular formula is C35H60O20. The number of ether oxygens (including phenoxy) is 6. The molecule has 0 aromatic heterocycles. The van der Waals surface area contributed by atoms with E-state index in [-0.39, 0.29) is 0 Å². The zero-order valence-corrected chi connectivity index (χ0v) is 32.9. The molecule has 0 bridgehead atoms. The maximum atomic E-state index is 13.4. The third-order valence-corrected chi connectivity index (χ3v) is 9.02. The van der Waals surface area contributed by atoms with Gasteiger partial charge in [0.25, 0.3) is 0 Å². The summed E-state index contributed by atoms with van der Waals surface area (Å²) in [6, 6.07) is 0. The molecule has 0 aliphatic rings. The molecule has 0 aromatic carbocycles. The molecule has 8 N–H and O–H groups in total. The van der Waals surface area contributed by atoms with Crippen LogP contribution in [0.1, 0.15) is 55.4 Å². The summed E-state index contributed by atoms with van der Waals surface area (Å²) in [6.07, 6.45) is 0. The van der Waals surface area contributed by atoms with Crippen molar-refractivity contribution >= 4 is 35.8 Å². The van der Waals surface area contributed by atoms with Crippen molar-refractivity contribution in [3.63, 3.8) is 0 Å².